The van der Waals surface area contributed by atoms with Gasteiger partial charge in [0.2, 0.25) is 11.8 Å². The number of benzene rings is 1. The van der Waals surface area contributed by atoms with E-state index in [0.29, 0.717) is 25.8 Å². The number of fused-ring (bicyclic) bond motifs is 3. The molecule has 5 N–H and O–H groups in total. The number of amides is 4. The maximum atomic E-state index is 13.4. The summed E-state index contributed by atoms with van der Waals surface area (Å²) in [7, 11) is 0. The number of nitrogens with one attached hydrogen (secondary N) is 3. The Hall–Kier alpha value is -3.30. The third kappa shape index (κ3) is 8.92. The maximum Gasteiger partial charge on any atom is 0.408 e. The molecule has 3 saturated carbocycles. The highest BCUT2D eigenvalue weighted by Gasteiger charge is 2.47. The molecule has 4 rings (SSSR count). The summed E-state index contributed by atoms with van der Waals surface area (Å²) in [5, 5.41) is 8.44. The average molecular weight is 531 g/mol. The van der Waals surface area contributed by atoms with Crippen LogP contribution >= 0.6 is 0 Å². The quantitative estimate of drug-likeness (QED) is 0.322. The van der Waals surface area contributed by atoms with Crippen molar-refractivity contribution in [3.05, 3.63) is 35.9 Å². The van der Waals surface area contributed by atoms with E-state index in [1.165, 1.54) is 0 Å². The largest absolute Gasteiger partial charge is 0.445 e. The van der Waals surface area contributed by atoms with Crippen LogP contribution in [0.2, 0.25) is 0 Å². The van der Waals surface area contributed by atoms with Crippen molar-refractivity contribution in [3.63, 3.8) is 0 Å². The Labute approximate surface area is 224 Å². The van der Waals surface area contributed by atoms with Crippen molar-refractivity contribution < 1.29 is 28.7 Å². The Balaban J connectivity index is 1.57. The van der Waals surface area contributed by atoms with E-state index >= 15 is 0 Å². The second kappa shape index (κ2) is 13.5. The molecule has 0 saturated heterocycles. The van der Waals surface area contributed by atoms with Crippen molar-refractivity contribution in [2.45, 2.75) is 90.0 Å². The Morgan fingerprint density at radius 1 is 0.974 bits per heavy atom. The molecule has 0 heterocycles. The highest BCUT2D eigenvalue weighted by atomic mass is 16.6. The van der Waals surface area contributed by atoms with Gasteiger partial charge >= 0.3 is 12.2 Å². The number of carbonyl (C=O) groups is 4. The first-order valence-corrected chi connectivity index (χ1v) is 13.6. The monoisotopic (exact) mass is 530 g/mol. The molecule has 3 fully saturated rings. The lowest BCUT2D eigenvalue weighted by Gasteiger charge is -2.47. The normalized spacial score (nSPS) is 23.1. The van der Waals surface area contributed by atoms with Gasteiger partial charge in [-0.25, -0.2) is 9.59 Å². The first-order chi connectivity index (χ1) is 18.0. The molecule has 4 amide bonds. The molecule has 38 heavy (non-hydrogen) atoms. The first kappa shape index (κ1) is 29.3. The van der Waals surface area contributed by atoms with E-state index in [0.717, 1.165) is 31.2 Å². The molecule has 3 atom stereocenters. The van der Waals surface area contributed by atoms with Crippen LogP contribution in [-0.2, 0) is 25.7 Å². The van der Waals surface area contributed by atoms with Crippen molar-refractivity contribution in [1.82, 2.24) is 16.0 Å². The molecule has 1 aromatic carbocycles. The van der Waals surface area contributed by atoms with Gasteiger partial charge in [-0.05, 0) is 83.1 Å². The minimum Gasteiger partial charge on any atom is -0.445 e. The van der Waals surface area contributed by atoms with Gasteiger partial charge in [0.15, 0.2) is 0 Å². The van der Waals surface area contributed by atoms with Gasteiger partial charge in [0.25, 0.3) is 0 Å². The number of unbranched alkanes of at least 4 members (excludes halogenated alkanes) is 1. The molecule has 3 aliphatic rings. The van der Waals surface area contributed by atoms with Gasteiger partial charge < -0.3 is 31.2 Å². The van der Waals surface area contributed by atoms with E-state index in [9.17, 15) is 19.2 Å². The van der Waals surface area contributed by atoms with Crippen molar-refractivity contribution in [2.75, 3.05) is 6.54 Å². The predicted octanol–water partition coefficient (Wildman–Crippen LogP) is 3.38. The molecule has 210 valence electrons. The molecule has 0 radical (unpaired) electrons. The topological polar surface area (TPSA) is 149 Å². The summed E-state index contributed by atoms with van der Waals surface area (Å²) in [6, 6.07) is 8.09. The summed E-state index contributed by atoms with van der Waals surface area (Å²) in [5.74, 6) is -0.750. The summed E-state index contributed by atoms with van der Waals surface area (Å²) in [6.45, 7) is 5.83. The van der Waals surface area contributed by atoms with E-state index in [-0.39, 0.29) is 36.3 Å². The highest BCUT2D eigenvalue weighted by molar-refractivity contribution is 5.87. The molecular formula is C28H42N4O6. The van der Waals surface area contributed by atoms with Gasteiger partial charge in [0.05, 0.1) is 5.92 Å². The molecule has 10 heteroatoms. The zero-order valence-corrected chi connectivity index (χ0v) is 22.7. The number of ether oxygens (including phenoxy) is 2. The second-order valence-corrected chi connectivity index (χ2v) is 11.3. The second-order valence-electron chi connectivity index (χ2n) is 11.3. The molecule has 0 spiro atoms. The number of hydrogen-bond donors (Lipinski definition) is 4. The fourth-order valence-corrected chi connectivity index (χ4v) is 5.49. The zero-order chi connectivity index (χ0) is 27.7. The maximum absolute atomic E-state index is 13.4. The smallest absolute Gasteiger partial charge is 0.408 e. The SMILES string of the molecule is CC(C)(C)OC(=O)NCCCCC(NC(=O)OCc1ccccc1)C(=O)NC1C2CCC(CC2)C1C(N)=O. The summed E-state index contributed by atoms with van der Waals surface area (Å²) >= 11 is 0. The molecule has 0 aliphatic heterocycles. The number of primary amides is 1. The lowest BCUT2D eigenvalue weighted by molar-refractivity contribution is -0.132. The van der Waals surface area contributed by atoms with Crippen LogP contribution < -0.4 is 21.7 Å². The number of hydrogen-bond acceptors (Lipinski definition) is 6. The van der Waals surface area contributed by atoms with E-state index in [1.54, 1.807) is 20.8 Å². The molecular weight excluding hydrogens is 488 g/mol. The van der Waals surface area contributed by atoms with E-state index in [2.05, 4.69) is 16.0 Å². The molecule has 2 bridgehead atoms. The van der Waals surface area contributed by atoms with Crippen molar-refractivity contribution in [1.29, 1.82) is 0 Å². The van der Waals surface area contributed by atoms with Gasteiger partial charge in [-0.15, -0.1) is 0 Å². The van der Waals surface area contributed by atoms with Crippen LogP contribution in [0.4, 0.5) is 9.59 Å². The van der Waals surface area contributed by atoms with Crippen LogP contribution in [0.25, 0.3) is 0 Å². The third-order valence-corrected chi connectivity index (χ3v) is 7.27. The average Bonchev–Trinajstić information content (AvgIpc) is 2.86. The zero-order valence-electron chi connectivity index (χ0n) is 22.7. The summed E-state index contributed by atoms with van der Waals surface area (Å²) < 4.78 is 10.6. The van der Waals surface area contributed by atoms with Gasteiger partial charge in [-0.2, -0.15) is 0 Å². The Bertz CT molecular complexity index is 956. The van der Waals surface area contributed by atoms with Gasteiger partial charge in [-0.1, -0.05) is 30.3 Å². The van der Waals surface area contributed by atoms with Crippen LogP contribution in [0, 0.1) is 17.8 Å². The number of carbonyl (C=O) groups excluding carboxylic acids is 4. The summed E-state index contributed by atoms with van der Waals surface area (Å²) in [5.41, 5.74) is 5.97. The minimum atomic E-state index is -0.853. The van der Waals surface area contributed by atoms with E-state index in [4.69, 9.17) is 15.2 Å². The standard InChI is InChI=1S/C28H42N4O6/c1-28(2,3)38-26(35)30-16-8-7-11-21(31-27(36)37-17-18-9-5-4-6-10-18)25(34)32-23-20-14-12-19(13-15-20)22(23)24(29)33/h4-6,9-10,19-23H,7-8,11-17H2,1-3H3,(H2,29,33)(H,30,35)(H,31,36)(H,32,34). The van der Waals surface area contributed by atoms with Gasteiger partial charge in [0, 0.05) is 12.6 Å². The van der Waals surface area contributed by atoms with Crippen LogP contribution in [0.15, 0.2) is 30.3 Å². The van der Waals surface area contributed by atoms with Crippen LogP contribution in [0.5, 0.6) is 0 Å². The molecule has 0 aromatic heterocycles. The Morgan fingerprint density at radius 2 is 1.63 bits per heavy atom. The van der Waals surface area contributed by atoms with Crippen LogP contribution in [-0.4, -0.2) is 48.2 Å². The van der Waals surface area contributed by atoms with Crippen LogP contribution in [0.1, 0.15) is 71.3 Å². The minimum absolute atomic E-state index is 0.0803. The van der Waals surface area contributed by atoms with Gasteiger partial charge in [0.1, 0.15) is 18.2 Å². The number of alkyl carbamates (subject to hydrolysis) is 2. The number of nitrogens with two attached hydrogens (primary N) is 1. The van der Waals surface area contributed by atoms with E-state index < -0.39 is 29.7 Å². The Morgan fingerprint density at radius 3 is 2.26 bits per heavy atom. The van der Waals surface area contributed by atoms with Crippen LogP contribution in [0.3, 0.4) is 0 Å². The molecule has 1 aromatic rings. The fraction of sp³-hybridized carbons (Fsp3) is 0.643. The molecule has 3 unspecified atom stereocenters. The van der Waals surface area contributed by atoms with Crippen molar-refractivity contribution >= 4 is 24.0 Å². The molecule has 10 nitrogen and oxygen atoms in total. The summed E-state index contributed by atoms with van der Waals surface area (Å²) in [6.07, 6.45) is 4.08. The van der Waals surface area contributed by atoms with Crippen molar-refractivity contribution in [2.24, 2.45) is 23.5 Å². The third-order valence-electron chi connectivity index (χ3n) is 7.27. The van der Waals surface area contributed by atoms with Gasteiger partial charge in [-0.3, -0.25) is 9.59 Å². The first-order valence-electron chi connectivity index (χ1n) is 13.6. The predicted molar refractivity (Wildman–Crippen MR) is 142 cm³/mol. The van der Waals surface area contributed by atoms with Crippen molar-refractivity contribution in [3.8, 4) is 0 Å². The van der Waals surface area contributed by atoms with E-state index in [1.807, 2.05) is 30.3 Å². The number of rotatable bonds is 11. The molecule has 3 aliphatic carbocycles. The lowest BCUT2D eigenvalue weighted by Crippen LogP contribution is -2.60. The fourth-order valence-electron chi connectivity index (χ4n) is 5.49. The highest BCUT2D eigenvalue weighted by Crippen LogP contribution is 2.45. The lowest BCUT2D eigenvalue weighted by atomic mass is 9.61. The summed E-state index contributed by atoms with van der Waals surface area (Å²) in [4.78, 5) is 50.0. The Kier molecular flexibility index (Phi) is 10.4.